The van der Waals surface area contributed by atoms with Gasteiger partial charge in [-0.25, -0.2) is 0 Å². The van der Waals surface area contributed by atoms with E-state index in [-0.39, 0.29) is 24.4 Å². The maximum atomic E-state index is 12.1. The van der Waals surface area contributed by atoms with Crippen LogP contribution >= 0.6 is 24.0 Å². The van der Waals surface area contributed by atoms with E-state index in [1.807, 2.05) is 6.07 Å². The van der Waals surface area contributed by atoms with Crippen LogP contribution in [0.4, 0.5) is 0 Å². The molecule has 0 spiro atoms. The van der Waals surface area contributed by atoms with Crippen LogP contribution in [0.2, 0.25) is 5.02 Å². The number of benzene rings is 1. The number of amides is 1. The lowest BCUT2D eigenvalue weighted by Crippen LogP contribution is -2.44. The molecule has 0 unspecified atom stereocenters. The van der Waals surface area contributed by atoms with Crippen LogP contribution in [-0.2, 0) is 6.42 Å². The summed E-state index contributed by atoms with van der Waals surface area (Å²) in [6, 6.07) is 4.31. The average Bonchev–Trinajstić information content (AvgIpc) is 2.69. The Kier molecular flexibility index (Phi) is 4.09. The summed E-state index contributed by atoms with van der Waals surface area (Å²) in [7, 11) is 2.09. The number of hydrogen-bond acceptors (Lipinski definition) is 2. The summed E-state index contributed by atoms with van der Waals surface area (Å²) in [6.45, 7) is 4.02. The van der Waals surface area contributed by atoms with Gasteiger partial charge in [0.15, 0.2) is 0 Å². The van der Waals surface area contributed by atoms with Gasteiger partial charge in [0.2, 0.25) is 0 Å². The minimum Gasteiger partial charge on any atom is -0.347 e. The normalized spacial score (nSPS) is 25.3. The van der Waals surface area contributed by atoms with Crippen LogP contribution in [0.1, 0.15) is 34.3 Å². The van der Waals surface area contributed by atoms with Gasteiger partial charge >= 0.3 is 0 Å². The summed E-state index contributed by atoms with van der Waals surface area (Å²) in [5.41, 5.74) is 3.03. The summed E-state index contributed by atoms with van der Waals surface area (Å²) in [5, 5.41) is 3.67. The molecule has 3 nitrogen and oxygen atoms in total. The Balaban J connectivity index is 0.00000133. The molecule has 1 saturated heterocycles. The van der Waals surface area contributed by atoms with Gasteiger partial charge < -0.3 is 10.2 Å². The molecule has 0 saturated carbocycles. The first kappa shape index (κ1) is 14.6. The van der Waals surface area contributed by atoms with E-state index in [2.05, 4.69) is 30.3 Å². The number of fused-ring (bicyclic) bond motifs is 3. The van der Waals surface area contributed by atoms with Crippen molar-refractivity contribution in [2.75, 3.05) is 20.1 Å². The van der Waals surface area contributed by atoms with Gasteiger partial charge in [-0.15, -0.1) is 12.4 Å². The Labute approximate surface area is 124 Å². The molecule has 1 aromatic rings. The molecule has 104 valence electrons. The Morgan fingerprint density at radius 3 is 2.84 bits per heavy atom. The molecule has 1 N–H and O–H groups in total. The summed E-state index contributed by atoms with van der Waals surface area (Å²) in [6.07, 6.45) is 0.946. The highest BCUT2D eigenvalue weighted by Gasteiger charge is 2.40. The molecule has 2 atom stereocenters. The van der Waals surface area contributed by atoms with Gasteiger partial charge in [0.05, 0.1) is 10.6 Å². The van der Waals surface area contributed by atoms with Crippen LogP contribution in [0.5, 0.6) is 0 Å². The Bertz CT molecular complexity index is 518. The van der Waals surface area contributed by atoms with Gasteiger partial charge in [-0.2, -0.15) is 0 Å². The number of likely N-dealkylation sites (N-methyl/N-ethyl adjacent to an activating group) is 1. The van der Waals surface area contributed by atoms with Crippen molar-refractivity contribution < 1.29 is 4.79 Å². The Hall–Kier alpha value is -0.770. The molecule has 19 heavy (non-hydrogen) atoms. The van der Waals surface area contributed by atoms with Crippen molar-refractivity contribution in [2.45, 2.75) is 25.3 Å². The van der Waals surface area contributed by atoms with E-state index in [1.54, 1.807) is 0 Å². The van der Waals surface area contributed by atoms with E-state index in [9.17, 15) is 4.79 Å². The molecule has 0 radical (unpaired) electrons. The molecule has 1 amide bonds. The number of nitrogens with one attached hydrogen (secondary N) is 1. The second-order valence-electron chi connectivity index (χ2n) is 5.30. The molecule has 0 aromatic heterocycles. The van der Waals surface area contributed by atoms with E-state index in [4.69, 9.17) is 11.6 Å². The Morgan fingerprint density at radius 1 is 1.42 bits per heavy atom. The third-order valence-electron chi connectivity index (χ3n) is 4.03. The lowest BCUT2D eigenvalue weighted by molar-refractivity contribution is 0.0923. The molecule has 2 aliphatic heterocycles. The van der Waals surface area contributed by atoms with E-state index >= 15 is 0 Å². The third-order valence-corrected chi connectivity index (χ3v) is 4.33. The fourth-order valence-corrected chi connectivity index (χ4v) is 3.46. The van der Waals surface area contributed by atoms with Gasteiger partial charge in [-0.05, 0) is 30.7 Å². The van der Waals surface area contributed by atoms with Crippen molar-refractivity contribution in [2.24, 2.45) is 0 Å². The number of hydrogen-bond donors (Lipinski definition) is 1. The quantitative estimate of drug-likeness (QED) is 0.864. The van der Waals surface area contributed by atoms with Gasteiger partial charge in [0.1, 0.15) is 0 Å². The summed E-state index contributed by atoms with van der Waals surface area (Å²) >= 11 is 6.27. The highest BCUT2D eigenvalue weighted by molar-refractivity contribution is 6.34. The zero-order valence-electron chi connectivity index (χ0n) is 11.1. The maximum absolute atomic E-state index is 12.1. The van der Waals surface area contributed by atoms with Crippen molar-refractivity contribution in [1.29, 1.82) is 0 Å². The minimum atomic E-state index is -0.0193. The molecule has 2 heterocycles. The largest absolute Gasteiger partial charge is 0.347 e. The zero-order chi connectivity index (χ0) is 12.9. The summed E-state index contributed by atoms with van der Waals surface area (Å²) in [5.74, 6) is 0.362. The molecule has 3 rings (SSSR count). The third kappa shape index (κ3) is 2.35. The number of aryl methyl sites for hydroxylation is 1. The number of carbonyl (C=O) groups excluding carboxylic acids is 1. The molecule has 5 heteroatoms. The number of likely N-dealkylation sites (tertiary alicyclic amines) is 1. The van der Waals surface area contributed by atoms with Crippen LogP contribution < -0.4 is 5.32 Å². The van der Waals surface area contributed by atoms with Gasteiger partial charge in [-0.3, -0.25) is 4.79 Å². The smallest absolute Gasteiger partial charge is 0.253 e. The first-order chi connectivity index (χ1) is 8.60. The summed E-state index contributed by atoms with van der Waals surface area (Å²) < 4.78 is 0. The van der Waals surface area contributed by atoms with Crippen molar-refractivity contribution in [1.82, 2.24) is 10.2 Å². The molecule has 2 aliphatic rings. The number of halogens is 2. The van der Waals surface area contributed by atoms with Crippen molar-refractivity contribution in [3.05, 3.63) is 33.8 Å². The molecule has 1 aromatic carbocycles. The van der Waals surface area contributed by atoms with Crippen LogP contribution in [0.25, 0.3) is 0 Å². The maximum Gasteiger partial charge on any atom is 0.253 e. The highest BCUT2D eigenvalue weighted by Crippen LogP contribution is 2.37. The SMILES string of the molecule is CCc1cc(Cl)c2c(c1)[C@H]1CN(C)C[C@@H]1NC2=O.Cl. The predicted molar refractivity (Wildman–Crippen MR) is 79.6 cm³/mol. The molecule has 1 fully saturated rings. The zero-order valence-corrected chi connectivity index (χ0v) is 12.6. The number of nitrogens with zero attached hydrogens (tertiary/aromatic N) is 1. The van der Waals surface area contributed by atoms with Gasteiger partial charge in [0.25, 0.3) is 5.91 Å². The average molecular weight is 301 g/mol. The van der Waals surface area contributed by atoms with Gasteiger partial charge in [0, 0.05) is 25.0 Å². The number of rotatable bonds is 1. The lowest BCUT2D eigenvalue weighted by atomic mass is 9.85. The van der Waals surface area contributed by atoms with E-state index < -0.39 is 0 Å². The lowest BCUT2D eigenvalue weighted by Gasteiger charge is -2.29. The van der Waals surface area contributed by atoms with Crippen molar-refractivity contribution in [3.8, 4) is 0 Å². The van der Waals surface area contributed by atoms with Crippen LogP contribution in [0.3, 0.4) is 0 Å². The first-order valence-electron chi connectivity index (χ1n) is 6.42. The standard InChI is InChI=1S/C14H17ClN2O.ClH/c1-3-8-4-9-10-6-17(2)7-12(10)16-14(18)13(9)11(15)5-8;/h4-5,10,12H,3,6-7H2,1-2H3,(H,16,18);1H/t10-,12+;/m1./s1. The minimum absolute atomic E-state index is 0. The molecule has 0 bridgehead atoms. The van der Waals surface area contributed by atoms with E-state index in [0.717, 1.165) is 25.1 Å². The second kappa shape index (κ2) is 5.31. The Morgan fingerprint density at radius 2 is 2.16 bits per heavy atom. The molecule has 0 aliphatic carbocycles. The fraction of sp³-hybridized carbons (Fsp3) is 0.500. The van der Waals surface area contributed by atoms with Crippen LogP contribution in [-0.4, -0.2) is 37.0 Å². The van der Waals surface area contributed by atoms with E-state index in [1.165, 1.54) is 5.56 Å². The van der Waals surface area contributed by atoms with Gasteiger partial charge in [-0.1, -0.05) is 24.6 Å². The number of carbonyl (C=O) groups is 1. The van der Waals surface area contributed by atoms with E-state index in [0.29, 0.717) is 16.5 Å². The molecular formula is C14H18Cl2N2O. The van der Waals surface area contributed by atoms with Crippen LogP contribution in [0, 0.1) is 0 Å². The fourth-order valence-electron chi connectivity index (χ4n) is 3.12. The topological polar surface area (TPSA) is 32.3 Å². The highest BCUT2D eigenvalue weighted by atomic mass is 35.5. The van der Waals surface area contributed by atoms with Crippen molar-refractivity contribution in [3.63, 3.8) is 0 Å². The molecular weight excluding hydrogens is 283 g/mol. The first-order valence-corrected chi connectivity index (χ1v) is 6.79. The second-order valence-corrected chi connectivity index (χ2v) is 5.71. The summed E-state index contributed by atoms with van der Waals surface area (Å²) in [4.78, 5) is 14.4. The predicted octanol–water partition coefficient (Wildman–Crippen LogP) is 2.47. The van der Waals surface area contributed by atoms with Crippen molar-refractivity contribution >= 4 is 29.9 Å². The monoisotopic (exact) mass is 300 g/mol. The van der Waals surface area contributed by atoms with Crippen LogP contribution in [0.15, 0.2) is 12.1 Å².